The van der Waals surface area contributed by atoms with Crippen LogP contribution in [0.15, 0.2) is 35.5 Å². The van der Waals surface area contributed by atoms with Crippen LogP contribution in [0.25, 0.3) is 0 Å². The highest BCUT2D eigenvalue weighted by Crippen LogP contribution is 2.23. The first-order valence-corrected chi connectivity index (χ1v) is 9.80. The largest absolute Gasteiger partial charge is 0.497 e. The Bertz CT molecular complexity index is 905. The minimum Gasteiger partial charge on any atom is -0.497 e. The highest BCUT2D eigenvalue weighted by molar-refractivity contribution is 7.89. The number of nitrogens with zero attached hydrogens (tertiary/aromatic N) is 4. The van der Waals surface area contributed by atoms with Gasteiger partial charge in [0, 0.05) is 20.1 Å². The third-order valence-corrected chi connectivity index (χ3v) is 6.21. The molecule has 1 saturated heterocycles. The van der Waals surface area contributed by atoms with Crippen molar-refractivity contribution in [1.82, 2.24) is 29.7 Å². The number of methoxy groups -OCH3 is 1. The maximum atomic E-state index is 12.6. The number of hydrogen-bond donors (Lipinski definition) is 2. The van der Waals surface area contributed by atoms with E-state index in [9.17, 15) is 13.2 Å². The standard InChI is InChI=1S/C16H22N6O4S/c1-11(15-20-17-10-21(15)2)18-16(23)19-12-8-22(9-12)27(24,25)14-6-4-13(26-3)5-7-14/h4-7,10-12H,8-9H2,1-3H3,(H2,18,19,23)/t11-/m0/s1. The minimum atomic E-state index is -3.58. The molecule has 0 saturated carbocycles. The van der Waals surface area contributed by atoms with E-state index in [0.29, 0.717) is 11.6 Å². The van der Waals surface area contributed by atoms with Gasteiger partial charge in [-0.05, 0) is 31.2 Å². The van der Waals surface area contributed by atoms with Crippen LogP contribution in [0.1, 0.15) is 18.8 Å². The van der Waals surface area contributed by atoms with E-state index >= 15 is 0 Å². The third-order valence-electron chi connectivity index (χ3n) is 4.36. The Hall–Kier alpha value is -2.66. The van der Waals surface area contributed by atoms with Gasteiger partial charge in [-0.25, -0.2) is 13.2 Å². The van der Waals surface area contributed by atoms with E-state index in [1.165, 1.54) is 23.5 Å². The summed E-state index contributed by atoms with van der Waals surface area (Å²) in [6.07, 6.45) is 1.55. The average Bonchev–Trinajstić information content (AvgIpc) is 3.03. The molecule has 27 heavy (non-hydrogen) atoms. The molecule has 1 aromatic carbocycles. The number of urea groups is 1. The van der Waals surface area contributed by atoms with Gasteiger partial charge in [-0.3, -0.25) is 0 Å². The number of aryl methyl sites for hydroxylation is 1. The zero-order valence-electron chi connectivity index (χ0n) is 15.3. The molecule has 0 spiro atoms. The summed E-state index contributed by atoms with van der Waals surface area (Å²) in [6.45, 7) is 2.24. The number of carbonyl (C=O) groups excluding carboxylic acids is 1. The molecule has 11 heteroatoms. The molecule has 2 amide bonds. The smallest absolute Gasteiger partial charge is 0.315 e. The molecule has 2 N–H and O–H groups in total. The molecule has 146 valence electrons. The number of carbonyl (C=O) groups is 1. The fraction of sp³-hybridized carbons (Fsp3) is 0.438. The Morgan fingerprint density at radius 1 is 1.30 bits per heavy atom. The molecule has 10 nitrogen and oxygen atoms in total. The Kier molecular flexibility index (Phi) is 5.33. The first-order valence-electron chi connectivity index (χ1n) is 8.36. The van der Waals surface area contributed by atoms with Gasteiger partial charge in [0.25, 0.3) is 0 Å². The second-order valence-corrected chi connectivity index (χ2v) is 8.27. The van der Waals surface area contributed by atoms with Gasteiger partial charge in [-0.15, -0.1) is 10.2 Å². The second kappa shape index (κ2) is 7.53. The molecule has 1 aliphatic heterocycles. The molecular weight excluding hydrogens is 372 g/mol. The van der Waals surface area contributed by atoms with Crippen molar-refractivity contribution in [2.24, 2.45) is 7.05 Å². The van der Waals surface area contributed by atoms with Gasteiger partial charge < -0.3 is 19.9 Å². The van der Waals surface area contributed by atoms with Crippen molar-refractivity contribution in [3.8, 4) is 5.75 Å². The summed E-state index contributed by atoms with van der Waals surface area (Å²) in [6, 6.07) is 5.26. The zero-order chi connectivity index (χ0) is 19.6. The monoisotopic (exact) mass is 394 g/mol. The lowest BCUT2D eigenvalue weighted by Gasteiger charge is -2.38. The molecule has 1 fully saturated rings. The topological polar surface area (TPSA) is 118 Å². The Morgan fingerprint density at radius 3 is 2.52 bits per heavy atom. The lowest BCUT2D eigenvalue weighted by molar-refractivity contribution is 0.202. The van der Waals surface area contributed by atoms with E-state index in [-0.39, 0.29) is 36.1 Å². The minimum absolute atomic E-state index is 0.196. The van der Waals surface area contributed by atoms with Crippen LogP contribution in [0.4, 0.5) is 4.79 Å². The zero-order valence-corrected chi connectivity index (χ0v) is 16.1. The average molecular weight is 394 g/mol. The van der Waals surface area contributed by atoms with Gasteiger partial charge >= 0.3 is 6.03 Å². The molecule has 2 aromatic rings. The van der Waals surface area contributed by atoms with Crippen molar-refractivity contribution in [2.45, 2.75) is 23.9 Å². The molecule has 0 radical (unpaired) electrons. The normalized spacial score (nSPS) is 16.4. The van der Waals surface area contributed by atoms with Gasteiger partial charge in [0.1, 0.15) is 12.1 Å². The predicted molar refractivity (Wildman–Crippen MR) is 96.6 cm³/mol. The number of rotatable bonds is 6. The second-order valence-electron chi connectivity index (χ2n) is 6.33. The van der Waals surface area contributed by atoms with Gasteiger partial charge in [0.05, 0.1) is 24.1 Å². The summed E-state index contributed by atoms with van der Waals surface area (Å²) < 4.78 is 33.2. The first-order chi connectivity index (χ1) is 12.8. The fourth-order valence-corrected chi connectivity index (χ4v) is 4.33. The molecular formula is C16H22N6O4S. The van der Waals surface area contributed by atoms with Crippen LogP contribution in [0, 0.1) is 0 Å². The first kappa shape index (κ1) is 19.1. The molecule has 1 atom stereocenters. The van der Waals surface area contributed by atoms with Crippen molar-refractivity contribution in [3.05, 3.63) is 36.4 Å². The maximum absolute atomic E-state index is 12.6. The van der Waals surface area contributed by atoms with Crippen LogP contribution in [0.2, 0.25) is 0 Å². The van der Waals surface area contributed by atoms with Crippen LogP contribution >= 0.6 is 0 Å². The number of ether oxygens (including phenoxy) is 1. The highest BCUT2D eigenvalue weighted by atomic mass is 32.2. The summed E-state index contributed by atoms with van der Waals surface area (Å²) in [5.74, 6) is 1.22. The summed E-state index contributed by atoms with van der Waals surface area (Å²) in [4.78, 5) is 12.3. The SMILES string of the molecule is COc1ccc(S(=O)(=O)N2CC(NC(=O)N[C@@H](C)c3nncn3C)C2)cc1. The molecule has 2 heterocycles. The summed E-state index contributed by atoms with van der Waals surface area (Å²) in [5.41, 5.74) is 0. The van der Waals surface area contributed by atoms with Crippen molar-refractivity contribution in [3.63, 3.8) is 0 Å². The number of nitrogens with one attached hydrogen (secondary N) is 2. The Balaban J connectivity index is 1.51. The maximum Gasteiger partial charge on any atom is 0.315 e. The van der Waals surface area contributed by atoms with E-state index in [1.54, 1.807) is 37.0 Å². The third kappa shape index (κ3) is 4.03. The number of benzene rings is 1. The van der Waals surface area contributed by atoms with Gasteiger partial charge in [0.2, 0.25) is 10.0 Å². The van der Waals surface area contributed by atoms with Crippen molar-refractivity contribution in [1.29, 1.82) is 0 Å². The lowest BCUT2D eigenvalue weighted by Crippen LogP contribution is -2.62. The summed E-state index contributed by atoms with van der Waals surface area (Å²) in [7, 11) is -0.265. The van der Waals surface area contributed by atoms with Crippen LogP contribution in [0.3, 0.4) is 0 Å². The Labute approximate surface area is 157 Å². The van der Waals surface area contributed by atoms with E-state index in [4.69, 9.17) is 4.74 Å². The van der Waals surface area contributed by atoms with E-state index in [1.807, 2.05) is 0 Å². The van der Waals surface area contributed by atoms with Crippen molar-refractivity contribution in [2.75, 3.05) is 20.2 Å². The van der Waals surface area contributed by atoms with Gasteiger partial charge in [-0.2, -0.15) is 4.31 Å². The van der Waals surface area contributed by atoms with Crippen LogP contribution in [-0.4, -0.2) is 59.8 Å². The van der Waals surface area contributed by atoms with Crippen molar-refractivity contribution < 1.29 is 17.9 Å². The molecule has 0 unspecified atom stereocenters. The summed E-state index contributed by atoms with van der Waals surface area (Å²) in [5, 5.41) is 13.3. The molecule has 1 aromatic heterocycles. The highest BCUT2D eigenvalue weighted by Gasteiger charge is 2.37. The van der Waals surface area contributed by atoms with E-state index < -0.39 is 10.0 Å². The van der Waals surface area contributed by atoms with E-state index in [0.717, 1.165) is 0 Å². The quantitative estimate of drug-likeness (QED) is 0.725. The van der Waals surface area contributed by atoms with Crippen LogP contribution < -0.4 is 15.4 Å². The van der Waals surface area contributed by atoms with E-state index in [2.05, 4.69) is 20.8 Å². The summed E-state index contributed by atoms with van der Waals surface area (Å²) >= 11 is 0. The number of hydrogen-bond acceptors (Lipinski definition) is 6. The molecule has 3 rings (SSSR count). The Morgan fingerprint density at radius 2 is 1.96 bits per heavy atom. The van der Waals surface area contributed by atoms with Crippen LogP contribution in [-0.2, 0) is 17.1 Å². The fourth-order valence-electron chi connectivity index (χ4n) is 2.79. The van der Waals surface area contributed by atoms with Crippen molar-refractivity contribution >= 4 is 16.1 Å². The van der Waals surface area contributed by atoms with Gasteiger partial charge in [-0.1, -0.05) is 0 Å². The van der Waals surface area contributed by atoms with Crippen LogP contribution in [0.5, 0.6) is 5.75 Å². The molecule has 0 bridgehead atoms. The molecule has 1 aliphatic rings. The predicted octanol–water partition coefficient (Wildman–Crippen LogP) is 0.257. The van der Waals surface area contributed by atoms with Gasteiger partial charge in [0.15, 0.2) is 5.82 Å². The molecule has 0 aliphatic carbocycles. The number of sulfonamides is 1. The number of amides is 2. The lowest BCUT2D eigenvalue weighted by atomic mass is 10.2. The number of aromatic nitrogens is 3.